The lowest BCUT2D eigenvalue weighted by molar-refractivity contribution is -0.245. The standard InChI is InChI=1S/C11H22O3/c1-6-7-10(2,3)8-11(4,5)9(12)14-13/h13H,6-8H2,1-5H3. The zero-order valence-electron chi connectivity index (χ0n) is 9.89. The van der Waals surface area contributed by atoms with Crippen LogP contribution in [0.15, 0.2) is 0 Å². The highest BCUT2D eigenvalue weighted by molar-refractivity contribution is 5.75. The van der Waals surface area contributed by atoms with E-state index >= 15 is 0 Å². The Morgan fingerprint density at radius 3 is 2.14 bits per heavy atom. The molecule has 3 heteroatoms. The van der Waals surface area contributed by atoms with Gasteiger partial charge < -0.3 is 4.89 Å². The van der Waals surface area contributed by atoms with E-state index in [0.29, 0.717) is 6.42 Å². The molecule has 0 saturated heterocycles. The van der Waals surface area contributed by atoms with E-state index in [1.165, 1.54) is 0 Å². The van der Waals surface area contributed by atoms with Gasteiger partial charge in [-0.2, -0.15) is 5.26 Å². The van der Waals surface area contributed by atoms with Crippen molar-refractivity contribution < 1.29 is 14.9 Å². The molecule has 0 aromatic rings. The molecular formula is C11H22O3. The Labute approximate surface area is 86.4 Å². The fourth-order valence-corrected chi connectivity index (χ4v) is 2.16. The summed E-state index contributed by atoms with van der Waals surface area (Å²) in [6.07, 6.45) is 2.87. The fraction of sp³-hybridized carbons (Fsp3) is 0.909. The average molecular weight is 202 g/mol. The van der Waals surface area contributed by atoms with Crippen LogP contribution in [0.1, 0.15) is 53.9 Å². The first-order valence-electron chi connectivity index (χ1n) is 5.11. The predicted octanol–water partition coefficient (Wildman–Crippen LogP) is 3.25. The van der Waals surface area contributed by atoms with Gasteiger partial charge in [-0.3, -0.25) is 0 Å². The van der Waals surface area contributed by atoms with Crippen molar-refractivity contribution in [3.8, 4) is 0 Å². The summed E-state index contributed by atoms with van der Waals surface area (Å²) in [5, 5.41) is 8.35. The van der Waals surface area contributed by atoms with Crippen molar-refractivity contribution in [3.63, 3.8) is 0 Å². The summed E-state index contributed by atoms with van der Waals surface area (Å²) in [4.78, 5) is 15.0. The molecule has 0 aliphatic carbocycles. The van der Waals surface area contributed by atoms with Crippen LogP contribution < -0.4 is 0 Å². The lowest BCUT2D eigenvalue weighted by atomic mass is 9.73. The molecule has 0 amide bonds. The van der Waals surface area contributed by atoms with E-state index in [1.54, 1.807) is 13.8 Å². The van der Waals surface area contributed by atoms with E-state index in [1.807, 2.05) is 0 Å². The van der Waals surface area contributed by atoms with Gasteiger partial charge in [0.25, 0.3) is 0 Å². The smallest absolute Gasteiger partial charge is 0.300 e. The largest absolute Gasteiger partial charge is 0.347 e. The van der Waals surface area contributed by atoms with Gasteiger partial charge in [0.05, 0.1) is 5.41 Å². The first kappa shape index (κ1) is 13.4. The van der Waals surface area contributed by atoms with Crippen LogP contribution in [0, 0.1) is 10.8 Å². The van der Waals surface area contributed by atoms with Crippen molar-refractivity contribution in [2.45, 2.75) is 53.9 Å². The third-order valence-electron chi connectivity index (χ3n) is 2.48. The quantitative estimate of drug-likeness (QED) is 0.550. The topological polar surface area (TPSA) is 46.5 Å². The zero-order chi connectivity index (χ0) is 11.4. The molecular weight excluding hydrogens is 180 g/mol. The summed E-state index contributed by atoms with van der Waals surface area (Å²) < 4.78 is 0. The Balaban J connectivity index is 4.41. The summed E-state index contributed by atoms with van der Waals surface area (Å²) in [6, 6.07) is 0. The molecule has 0 bridgehead atoms. The average Bonchev–Trinajstić information content (AvgIpc) is 2.00. The van der Waals surface area contributed by atoms with Gasteiger partial charge in [-0.15, -0.1) is 0 Å². The minimum atomic E-state index is -0.618. The van der Waals surface area contributed by atoms with Crippen LogP contribution in [0.4, 0.5) is 0 Å². The molecule has 0 aromatic carbocycles. The Kier molecular flexibility index (Phi) is 4.59. The van der Waals surface area contributed by atoms with Gasteiger partial charge in [-0.05, 0) is 32.1 Å². The summed E-state index contributed by atoms with van der Waals surface area (Å²) in [6.45, 7) is 9.97. The molecule has 0 atom stereocenters. The highest BCUT2D eigenvalue weighted by Crippen LogP contribution is 2.37. The van der Waals surface area contributed by atoms with E-state index in [2.05, 4.69) is 25.7 Å². The van der Waals surface area contributed by atoms with Crippen LogP contribution in [0.3, 0.4) is 0 Å². The van der Waals surface area contributed by atoms with Crippen LogP contribution in [0.25, 0.3) is 0 Å². The molecule has 0 aliphatic rings. The Bertz CT molecular complexity index is 195. The third kappa shape index (κ3) is 4.09. The van der Waals surface area contributed by atoms with Gasteiger partial charge in [-0.1, -0.05) is 27.2 Å². The van der Waals surface area contributed by atoms with Crippen LogP contribution in [0.2, 0.25) is 0 Å². The molecule has 0 heterocycles. The second-order valence-electron chi connectivity index (χ2n) is 5.35. The predicted molar refractivity (Wildman–Crippen MR) is 55.8 cm³/mol. The molecule has 0 fully saturated rings. The first-order valence-corrected chi connectivity index (χ1v) is 5.11. The van der Waals surface area contributed by atoms with E-state index in [4.69, 9.17) is 5.26 Å². The van der Waals surface area contributed by atoms with Gasteiger partial charge in [0.15, 0.2) is 0 Å². The highest BCUT2D eigenvalue weighted by atomic mass is 17.1. The minimum Gasteiger partial charge on any atom is -0.300 e. The number of carbonyl (C=O) groups excluding carboxylic acids is 1. The molecule has 0 saturated carbocycles. The van der Waals surface area contributed by atoms with Crippen molar-refractivity contribution in [2.75, 3.05) is 0 Å². The van der Waals surface area contributed by atoms with Crippen LogP contribution in [0.5, 0.6) is 0 Å². The Morgan fingerprint density at radius 1 is 1.29 bits per heavy atom. The molecule has 14 heavy (non-hydrogen) atoms. The molecule has 0 spiro atoms. The Morgan fingerprint density at radius 2 is 1.79 bits per heavy atom. The molecule has 1 N–H and O–H groups in total. The maximum absolute atomic E-state index is 11.2. The van der Waals surface area contributed by atoms with Crippen LogP contribution in [-0.4, -0.2) is 11.2 Å². The number of carbonyl (C=O) groups is 1. The molecule has 0 aliphatic heterocycles. The van der Waals surface area contributed by atoms with Crippen LogP contribution in [-0.2, 0) is 9.68 Å². The van der Waals surface area contributed by atoms with Gasteiger partial charge >= 0.3 is 5.97 Å². The van der Waals surface area contributed by atoms with Gasteiger partial charge in [0.2, 0.25) is 0 Å². The van der Waals surface area contributed by atoms with E-state index in [9.17, 15) is 4.79 Å². The summed E-state index contributed by atoms with van der Waals surface area (Å²) in [5.41, 5.74) is -0.514. The summed E-state index contributed by atoms with van der Waals surface area (Å²) in [7, 11) is 0. The molecule has 0 radical (unpaired) electrons. The molecule has 84 valence electrons. The summed E-state index contributed by atoms with van der Waals surface area (Å²) in [5.74, 6) is -0.554. The fourth-order valence-electron chi connectivity index (χ4n) is 2.16. The van der Waals surface area contributed by atoms with Gasteiger partial charge in [0, 0.05) is 0 Å². The van der Waals surface area contributed by atoms with Gasteiger partial charge in [0.1, 0.15) is 0 Å². The maximum atomic E-state index is 11.2. The SMILES string of the molecule is CCCC(C)(C)CC(C)(C)C(=O)OO. The number of hydrogen-bond acceptors (Lipinski definition) is 3. The zero-order valence-corrected chi connectivity index (χ0v) is 9.89. The lowest BCUT2D eigenvalue weighted by Gasteiger charge is -2.32. The molecule has 3 nitrogen and oxygen atoms in total. The van der Waals surface area contributed by atoms with E-state index in [-0.39, 0.29) is 5.41 Å². The third-order valence-corrected chi connectivity index (χ3v) is 2.48. The van der Waals surface area contributed by atoms with Crippen LogP contribution >= 0.6 is 0 Å². The molecule has 0 unspecified atom stereocenters. The lowest BCUT2D eigenvalue weighted by Crippen LogP contribution is -2.31. The maximum Gasteiger partial charge on any atom is 0.347 e. The Hall–Kier alpha value is -0.570. The summed E-state index contributed by atoms with van der Waals surface area (Å²) >= 11 is 0. The molecule has 0 aromatic heterocycles. The highest BCUT2D eigenvalue weighted by Gasteiger charge is 2.35. The van der Waals surface area contributed by atoms with Crippen molar-refractivity contribution >= 4 is 5.97 Å². The van der Waals surface area contributed by atoms with E-state index < -0.39 is 11.4 Å². The second-order valence-corrected chi connectivity index (χ2v) is 5.35. The van der Waals surface area contributed by atoms with Crippen molar-refractivity contribution in [3.05, 3.63) is 0 Å². The second kappa shape index (κ2) is 4.78. The van der Waals surface area contributed by atoms with Crippen molar-refractivity contribution in [2.24, 2.45) is 10.8 Å². The first-order chi connectivity index (χ1) is 6.25. The monoisotopic (exact) mass is 202 g/mol. The van der Waals surface area contributed by atoms with Gasteiger partial charge in [-0.25, -0.2) is 4.79 Å². The normalized spacial score (nSPS) is 12.7. The molecule has 0 rings (SSSR count). The van der Waals surface area contributed by atoms with Crippen molar-refractivity contribution in [1.29, 1.82) is 0 Å². The van der Waals surface area contributed by atoms with Crippen molar-refractivity contribution in [1.82, 2.24) is 0 Å². The number of rotatable bonds is 5. The number of hydrogen-bond donors (Lipinski definition) is 1. The van der Waals surface area contributed by atoms with E-state index in [0.717, 1.165) is 12.8 Å². The minimum absolute atomic E-state index is 0.104.